The molecule has 2 nitrogen and oxygen atoms in total. The molecule has 0 spiro atoms. The average Bonchev–Trinajstić information content (AvgIpc) is 2.54. The highest BCUT2D eigenvalue weighted by molar-refractivity contribution is 5.83. The maximum absolute atomic E-state index is 12.6. The number of fused-ring (bicyclic) bond motifs is 1. The molecule has 2 heteroatoms. The van der Waals surface area contributed by atoms with Gasteiger partial charge in [-0.2, -0.15) is 0 Å². The van der Waals surface area contributed by atoms with E-state index in [0.29, 0.717) is 0 Å². The molecule has 2 aromatic rings. The smallest absolute Gasteiger partial charge is 0.312 e. The van der Waals surface area contributed by atoms with Gasteiger partial charge < -0.3 is 4.74 Å². The van der Waals surface area contributed by atoms with Crippen molar-refractivity contribution in [1.29, 1.82) is 0 Å². The number of hydrogen-bond acceptors (Lipinski definition) is 2. The van der Waals surface area contributed by atoms with Crippen molar-refractivity contribution in [3.05, 3.63) is 48.0 Å². The lowest BCUT2D eigenvalue weighted by Gasteiger charge is -2.39. The zero-order chi connectivity index (χ0) is 16.5. The van der Waals surface area contributed by atoms with Crippen LogP contribution in [0.3, 0.4) is 0 Å². The monoisotopic (exact) mass is 310 g/mol. The summed E-state index contributed by atoms with van der Waals surface area (Å²) in [5.41, 5.74) is 0.224. The van der Waals surface area contributed by atoms with Crippen LogP contribution in [0.4, 0.5) is 0 Å². The first kappa shape index (κ1) is 16.0. The first-order chi connectivity index (χ1) is 10.9. The summed E-state index contributed by atoms with van der Waals surface area (Å²) in [5.74, 6) is -0.104. The van der Waals surface area contributed by atoms with Crippen LogP contribution in [0, 0.1) is 5.41 Å². The highest BCUT2D eigenvalue weighted by Gasteiger charge is 2.40. The van der Waals surface area contributed by atoms with Gasteiger partial charge in [-0.25, -0.2) is 0 Å². The summed E-state index contributed by atoms with van der Waals surface area (Å²) >= 11 is 0. The maximum Gasteiger partial charge on any atom is 0.312 e. The highest BCUT2D eigenvalue weighted by atomic mass is 16.6. The molecule has 0 atom stereocenters. The Labute approximate surface area is 138 Å². The molecular weight excluding hydrogens is 284 g/mol. The van der Waals surface area contributed by atoms with Gasteiger partial charge in [-0.1, -0.05) is 42.8 Å². The van der Waals surface area contributed by atoms with Gasteiger partial charge in [0.05, 0.1) is 5.41 Å². The Kier molecular flexibility index (Phi) is 4.18. The first-order valence-corrected chi connectivity index (χ1v) is 8.63. The van der Waals surface area contributed by atoms with Crippen LogP contribution in [0.25, 0.3) is 10.8 Å². The summed E-state index contributed by atoms with van der Waals surface area (Å²) in [6, 6.07) is 14.8. The third kappa shape index (κ3) is 3.26. The first-order valence-electron chi connectivity index (χ1n) is 8.63. The van der Waals surface area contributed by atoms with Crippen LogP contribution < -0.4 is 0 Å². The fraction of sp³-hybridized carbons (Fsp3) is 0.476. The van der Waals surface area contributed by atoms with Crippen molar-refractivity contribution in [2.75, 3.05) is 0 Å². The van der Waals surface area contributed by atoms with E-state index in [1.165, 1.54) is 17.2 Å². The van der Waals surface area contributed by atoms with Crippen LogP contribution in [-0.2, 0) is 15.1 Å². The van der Waals surface area contributed by atoms with Gasteiger partial charge in [-0.15, -0.1) is 0 Å². The van der Waals surface area contributed by atoms with Gasteiger partial charge in [0.1, 0.15) is 5.60 Å². The Hall–Kier alpha value is -1.83. The van der Waals surface area contributed by atoms with E-state index in [1.807, 2.05) is 20.8 Å². The van der Waals surface area contributed by atoms with Crippen molar-refractivity contribution in [3.63, 3.8) is 0 Å². The van der Waals surface area contributed by atoms with Crippen molar-refractivity contribution < 1.29 is 9.53 Å². The number of rotatable bonds is 2. The minimum atomic E-state index is -0.471. The second-order valence-electron chi connectivity index (χ2n) is 7.76. The SMILES string of the molecule is CC(C)(C)C(=O)OC1(c2ccc3ccccc3c2)CCCCC1. The van der Waals surface area contributed by atoms with Crippen LogP contribution in [-0.4, -0.2) is 5.97 Å². The molecule has 0 radical (unpaired) electrons. The lowest BCUT2D eigenvalue weighted by Crippen LogP contribution is -2.38. The molecule has 0 bridgehead atoms. The lowest BCUT2D eigenvalue weighted by atomic mass is 9.78. The normalized spacial score (nSPS) is 17.9. The summed E-state index contributed by atoms with van der Waals surface area (Å²) < 4.78 is 6.14. The third-order valence-electron chi connectivity index (χ3n) is 4.84. The van der Waals surface area contributed by atoms with Crippen LogP contribution in [0.15, 0.2) is 42.5 Å². The van der Waals surface area contributed by atoms with E-state index < -0.39 is 11.0 Å². The molecule has 0 unspecified atom stereocenters. The topological polar surface area (TPSA) is 26.3 Å². The van der Waals surface area contributed by atoms with E-state index in [4.69, 9.17) is 4.74 Å². The maximum atomic E-state index is 12.6. The van der Waals surface area contributed by atoms with Crippen LogP contribution in [0.1, 0.15) is 58.4 Å². The predicted molar refractivity (Wildman–Crippen MR) is 94.3 cm³/mol. The van der Waals surface area contributed by atoms with Gasteiger partial charge in [-0.05, 0) is 68.9 Å². The molecule has 1 aliphatic rings. The van der Waals surface area contributed by atoms with E-state index in [2.05, 4.69) is 42.5 Å². The number of esters is 1. The standard InChI is InChI=1S/C21H26O2/c1-20(2,3)19(22)23-21(13-7-4-8-14-21)18-12-11-16-9-5-6-10-17(16)15-18/h5-6,9-12,15H,4,7-8,13-14H2,1-3H3. The highest BCUT2D eigenvalue weighted by Crippen LogP contribution is 2.42. The molecule has 2 aromatic carbocycles. The Balaban J connectivity index is 2.01. The largest absolute Gasteiger partial charge is 0.454 e. The van der Waals surface area contributed by atoms with Crippen molar-refractivity contribution in [2.45, 2.75) is 58.5 Å². The summed E-state index contributed by atoms with van der Waals surface area (Å²) in [7, 11) is 0. The summed E-state index contributed by atoms with van der Waals surface area (Å²) in [4.78, 5) is 12.6. The zero-order valence-electron chi connectivity index (χ0n) is 14.4. The van der Waals surface area contributed by atoms with Crippen LogP contribution in [0.5, 0.6) is 0 Å². The van der Waals surface area contributed by atoms with Crippen molar-refractivity contribution in [3.8, 4) is 0 Å². The van der Waals surface area contributed by atoms with Crippen LogP contribution >= 0.6 is 0 Å². The lowest BCUT2D eigenvalue weighted by molar-refractivity contribution is -0.175. The Morgan fingerprint density at radius 3 is 2.26 bits per heavy atom. The van der Waals surface area contributed by atoms with Crippen molar-refractivity contribution in [1.82, 2.24) is 0 Å². The average molecular weight is 310 g/mol. The second kappa shape index (κ2) is 5.99. The molecule has 1 aliphatic carbocycles. The Morgan fingerprint density at radius 1 is 0.957 bits per heavy atom. The number of benzene rings is 2. The number of carbonyl (C=O) groups excluding carboxylic acids is 1. The molecule has 0 aromatic heterocycles. The fourth-order valence-corrected chi connectivity index (χ4v) is 3.38. The summed E-state index contributed by atoms with van der Waals surface area (Å²) in [5, 5.41) is 2.44. The minimum Gasteiger partial charge on any atom is -0.454 e. The molecule has 0 heterocycles. The van der Waals surface area contributed by atoms with E-state index in [-0.39, 0.29) is 5.97 Å². The number of ether oxygens (including phenoxy) is 1. The molecule has 0 amide bonds. The van der Waals surface area contributed by atoms with E-state index in [9.17, 15) is 4.79 Å². The molecule has 0 aliphatic heterocycles. The quantitative estimate of drug-likeness (QED) is 0.676. The van der Waals surface area contributed by atoms with E-state index in [1.54, 1.807) is 0 Å². The molecule has 3 rings (SSSR count). The number of carbonyl (C=O) groups is 1. The van der Waals surface area contributed by atoms with Crippen LogP contribution in [0.2, 0.25) is 0 Å². The van der Waals surface area contributed by atoms with Gasteiger partial charge >= 0.3 is 5.97 Å². The number of hydrogen-bond donors (Lipinski definition) is 0. The molecule has 0 N–H and O–H groups in total. The fourth-order valence-electron chi connectivity index (χ4n) is 3.38. The Bertz CT molecular complexity index is 703. The molecule has 1 fully saturated rings. The van der Waals surface area contributed by atoms with Gasteiger partial charge in [0, 0.05) is 0 Å². The van der Waals surface area contributed by atoms with Crippen molar-refractivity contribution >= 4 is 16.7 Å². The van der Waals surface area contributed by atoms with Gasteiger partial charge in [0.2, 0.25) is 0 Å². The second-order valence-corrected chi connectivity index (χ2v) is 7.76. The predicted octanol–water partition coefficient (Wildman–Crippen LogP) is 5.59. The zero-order valence-corrected chi connectivity index (χ0v) is 14.4. The summed E-state index contributed by atoms with van der Waals surface area (Å²) in [6.45, 7) is 5.77. The summed E-state index contributed by atoms with van der Waals surface area (Å²) in [6.07, 6.45) is 5.30. The molecule has 0 saturated heterocycles. The third-order valence-corrected chi connectivity index (χ3v) is 4.84. The Morgan fingerprint density at radius 2 is 1.61 bits per heavy atom. The molecular formula is C21H26O2. The van der Waals surface area contributed by atoms with Gasteiger partial charge in [-0.3, -0.25) is 4.79 Å². The van der Waals surface area contributed by atoms with Gasteiger partial charge in [0.25, 0.3) is 0 Å². The van der Waals surface area contributed by atoms with E-state index in [0.717, 1.165) is 31.2 Å². The molecule has 1 saturated carbocycles. The minimum absolute atomic E-state index is 0.104. The van der Waals surface area contributed by atoms with E-state index >= 15 is 0 Å². The molecule has 122 valence electrons. The van der Waals surface area contributed by atoms with Crippen molar-refractivity contribution in [2.24, 2.45) is 5.41 Å². The molecule has 23 heavy (non-hydrogen) atoms. The van der Waals surface area contributed by atoms with Gasteiger partial charge in [0.15, 0.2) is 0 Å².